The van der Waals surface area contributed by atoms with E-state index in [-0.39, 0.29) is 29.7 Å². The van der Waals surface area contributed by atoms with Crippen LogP contribution in [0, 0.1) is 17.5 Å². The second-order valence-corrected chi connectivity index (χ2v) is 7.08. The fraction of sp³-hybridized carbons (Fsp3) is 0.125. The lowest BCUT2D eigenvalue weighted by atomic mass is 10.0. The minimum atomic E-state index is -1.18. The highest BCUT2D eigenvalue weighted by molar-refractivity contribution is 6.07. The predicted octanol–water partition coefficient (Wildman–Crippen LogP) is 3.70. The zero-order chi connectivity index (χ0) is 24.1. The summed E-state index contributed by atoms with van der Waals surface area (Å²) in [5, 5.41) is 9.67. The SMILES string of the molecule is COC(=O)/C(O)=C/C(=O)c1cc(Cc2ccc(F)cc2F)cn(Cc2ccccc2F)c1=O. The lowest BCUT2D eigenvalue weighted by molar-refractivity contribution is -0.139. The van der Waals surface area contributed by atoms with Crippen molar-refractivity contribution >= 4 is 11.8 Å². The van der Waals surface area contributed by atoms with E-state index in [1.54, 1.807) is 6.07 Å². The van der Waals surface area contributed by atoms with Crippen LogP contribution in [-0.2, 0) is 22.5 Å². The Hall–Kier alpha value is -4.14. The summed E-state index contributed by atoms with van der Waals surface area (Å²) in [6.07, 6.45) is 1.74. The van der Waals surface area contributed by atoms with Crippen LogP contribution in [0.4, 0.5) is 13.2 Å². The number of allylic oxidation sites excluding steroid dienone is 1. The third-order valence-electron chi connectivity index (χ3n) is 4.78. The van der Waals surface area contributed by atoms with E-state index in [1.807, 2.05) is 0 Å². The largest absolute Gasteiger partial charge is 0.502 e. The number of halogens is 3. The van der Waals surface area contributed by atoms with E-state index in [1.165, 1.54) is 36.5 Å². The quantitative estimate of drug-likeness (QED) is 0.253. The molecule has 0 bridgehead atoms. The van der Waals surface area contributed by atoms with Gasteiger partial charge in [0, 0.05) is 30.3 Å². The van der Waals surface area contributed by atoms with E-state index in [2.05, 4.69) is 4.74 Å². The number of carbonyl (C=O) groups excluding carboxylic acids is 2. The second kappa shape index (κ2) is 9.99. The molecule has 0 aliphatic carbocycles. The summed E-state index contributed by atoms with van der Waals surface area (Å²) in [4.78, 5) is 37.0. The number of ether oxygens (including phenoxy) is 1. The first-order valence-corrected chi connectivity index (χ1v) is 9.63. The summed E-state index contributed by atoms with van der Waals surface area (Å²) >= 11 is 0. The average Bonchev–Trinajstić information content (AvgIpc) is 2.78. The van der Waals surface area contributed by atoms with Crippen molar-refractivity contribution < 1.29 is 32.6 Å². The Bertz CT molecular complexity index is 1310. The van der Waals surface area contributed by atoms with E-state index in [4.69, 9.17) is 0 Å². The van der Waals surface area contributed by atoms with E-state index in [9.17, 15) is 32.7 Å². The van der Waals surface area contributed by atoms with Gasteiger partial charge in [0.2, 0.25) is 5.76 Å². The summed E-state index contributed by atoms with van der Waals surface area (Å²) in [5.74, 6) is -5.36. The third-order valence-corrected chi connectivity index (χ3v) is 4.78. The molecule has 1 N–H and O–H groups in total. The van der Waals surface area contributed by atoms with Crippen LogP contribution < -0.4 is 5.56 Å². The number of aromatic nitrogens is 1. The van der Waals surface area contributed by atoms with Crippen molar-refractivity contribution in [2.45, 2.75) is 13.0 Å². The molecule has 0 atom stereocenters. The zero-order valence-corrected chi connectivity index (χ0v) is 17.3. The van der Waals surface area contributed by atoms with Gasteiger partial charge in [0.1, 0.15) is 17.5 Å². The molecule has 0 unspecified atom stereocenters. The van der Waals surface area contributed by atoms with E-state index in [0.717, 1.165) is 17.7 Å². The lowest BCUT2D eigenvalue weighted by Gasteiger charge is -2.12. The highest BCUT2D eigenvalue weighted by Crippen LogP contribution is 2.16. The number of aliphatic hydroxyl groups is 1. The number of ketones is 1. The van der Waals surface area contributed by atoms with Gasteiger partial charge in [-0.2, -0.15) is 0 Å². The molecule has 9 heteroatoms. The fourth-order valence-corrected chi connectivity index (χ4v) is 3.15. The van der Waals surface area contributed by atoms with Crippen molar-refractivity contribution in [3.8, 4) is 0 Å². The molecule has 0 aliphatic rings. The van der Waals surface area contributed by atoms with Gasteiger partial charge in [-0.1, -0.05) is 24.3 Å². The number of carbonyl (C=O) groups is 2. The van der Waals surface area contributed by atoms with Crippen LogP contribution in [0.1, 0.15) is 27.0 Å². The molecule has 6 nitrogen and oxygen atoms in total. The second-order valence-electron chi connectivity index (χ2n) is 7.08. The molecule has 0 aliphatic heterocycles. The van der Waals surface area contributed by atoms with Gasteiger partial charge < -0.3 is 14.4 Å². The molecule has 33 heavy (non-hydrogen) atoms. The predicted molar refractivity (Wildman–Crippen MR) is 112 cm³/mol. The molecule has 1 heterocycles. The molecular weight excluding hydrogens is 439 g/mol. The maximum absolute atomic E-state index is 14.2. The lowest BCUT2D eigenvalue weighted by Crippen LogP contribution is -2.27. The van der Waals surface area contributed by atoms with Gasteiger partial charge >= 0.3 is 5.97 Å². The van der Waals surface area contributed by atoms with E-state index < -0.39 is 46.1 Å². The monoisotopic (exact) mass is 457 g/mol. The van der Waals surface area contributed by atoms with Crippen LogP contribution in [0.2, 0.25) is 0 Å². The minimum absolute atomic E-state index is 0.0961. The molecule has 0 saturated heterocycles. The molecule has 1 aromatic heterocycles. The third kappa shape index (κ3) is 5.57. The number of hydrogen-bond acceptors (Lipinski definition) is 5. The maximum Gasteiger partial charge on any atom is 0.373 e. The smallest absolute Gasteiger partial charge is 0.373 e. The van der Waals surface area contributed by atoms with E-state index in [0.29, 0.717) is 12.1 Å². The van der Waals surface area contributed by atoms with Crippen LogP contribution in [0.5, 0.6) is 0 Å². The summed E-state index contributed by atoms with van der Waals surface area (Å²) in [7, 11) is 0.996. The Morgan fingerprint density at radius 3 is 2.42 bits per heavy atom. The van der Waals surface area contributed by atoms with Gasteiger partial charge in [-0.3, -0.25) is 9.59 Å². The van der Waals surface area contributed by atoms with Crippen LogP contribution >= 0.6 is 0 Å². The van der Waals surface area contributed by atoms with Crippen molar-refractivity contribution in [3.63, 3.8) is 0 Å². The maximum atomic E-state index is 14.2. The number of pyridine rings is 1. The molecule has 0 saturated carbocycles. The Morgan fingerprint density at radius 1 is 1.03 bits per heavy atom. The number of hydrogen-bond donors (Lipinski definition) is 1. The molecule has 2 aromatic carbocycles. The number of rotatable bonds is 7. The molecule has 0 fully saturated rings. The molecule has 3 rings (SSSR count). The minimum Gasteiger partial charge on any atom is -0.502 e. The summed E-state index contributed by atoms with van der Waals surface area (Å²) in [6, 6.07) is 9.88. The Balaban J connectivity index is 2.10. The van der Waals surface area contributed by atoms with Crippen molar-refractivity contribution in [1.29, 1.82) is 0 Å². The Morgan fingerprint density at radius 2 is 1.76 bits per heavy atom. The molecule has 0 amide bonds. The number of methoxy groups -OCH3 is 1. The van der Waals surface area contributed by atoms with Crippen LogP contribution in [0.15, 0.2) is 71.4 Å². The van der Waals surface area contributed by atoms with Crippen LogP contribution in [0.25, 0.3) is 0 Å². The topological polar surface area (TPSA) is 85.6 Å². The first-order valence-electron chi connectivity index (χ1n) is 9.63. The number of benzene rings is 2. The Labute approximate surface area is 186 Å². The van der Waals surface area contributed by atoms with Crippen molar-refractivity contribution in [3.05, 3.63) is 117 Å². The van der Waals surface area contributed by atoms with Crippen LogP contribution in [-0.4, -0.2) is 28.5 Å². The number of esters is 1. The normalized spacial score (nSPS) is 11.3. The molecule has 170 valence electrons. The molecule has 0 spiro atoms. The van der Waals surface area contributed by atoms with E-state index >= 15 is 0 Å². The van der Waals surface area contributed by atoms with Gasteiger partial charge in [0.05, 0.1) is 19.2 Å². The molecule has 3 aromatic rings. The van der Waals surface area contributed by atoms with Crippen molar-refractivity contribution in [2.75, 3.05) is 7.11 Å². The average molecular weight is 457 g/mol. The summed E-state index contributed by atoms with van der Waals surface area (Å²) in [5.41, 5.74) is -0.719. The van der Waals surface area contributed by atoms with Gasteiger partial charge in [-0.25, -0.2) is 18.0 Å². The Kier molecular flexibility index (Phi) is 7.12. The van der Waals surface area contributed by atoms with Gasteiger partial charge in [0.25, 0.3) is 5.56 Å². The first-order chi connectivity index (χ1) is 15.7. The standard InChI is InChI=1S/C24H18F3NO5/c1-33-24(32)22(30)11-21(29)18-9-14(8-15-6-7-17(25)10-20(15)27)12-28(23(18)31)13-16-4-2-3-5-19(16)26/h2-7,9-12,30H,8,13H2,1H3/b22-11-. The van der Waals surface area contributed by atoms with Crippen LogP contribution in [0.3, 0.4) is 0 Å². The summed E-state index contributed by atoms with van der Waals surface area (Å²) < 4.78 is 46.9. The van der Waals surface area contributed by atoms with Gasteiger partial charge in [-0.05, 0) is 29.3 Å². The molecular formula is C24H18F3NO5. The van der Waals surface area contributed by atoms with Crippen molar-refractivity contribution in [2.24, 2.45) is 0 Å². The first kappa shape index (κ1) is 23.5. The van der Waals surface area contributed by atoms with Gasteiger partial charge in [0.15, 0.2) is 5.78 Å². The number of nitrogens with zero attached hydrogens (tertiary/aromatic N) is 1. The zero-order valence-electron chi connectivity index (χ0n) is 17.3. The summed E-state index contributed by atoms with van der Waals surface area (Å²) in [6.45, 7) is -0.238. The highest BCUT2D eigenvalue weighted by atomic mass is 19.1. The van der Waals surface area contributed by atoms with Gasteiger partial charge in [-0.15, -0.1) is 0 Å². The fourth-order valence-electron chi connectivity index (χ4n) is 3.15. The highest BCUT2D eigenvalue weighted by Gasteiger charge is 2.18. The van der Waals surface area contributed by atoms with Crippen molar-refractivity contribution in [1.82, 2.24) is 4.57 Å². The number of aliphatic hydroxyl groups excluding tert-OH is 1. The molecule has 0 radical (unpaired) electrons.